The van der Waals surface area contributed by atoms with Gasteiger partial charge in [-0.15, -0.1) is 0 Å². The minimum absolute atomic E-state index is 0.0414. The molecule has 8 heteroatoms. The Morgan fingerprint density at radius 2 is 2.05 bits per heavy atom. The number of benzene rings is 1. The first kappa shape index (κ1) is 16.3. The van der Waals surface area contributed by atoms with E-state index < -0.39 is 11.7 Å². The first-order valence-electron chi connectivity index (χ1n) is 6.23. The maximum Gasteiger partial charge on any atom is 0.287 e. The minimum Gasteiger partial charge on any atom is -0.491 e. The van der Waals surface area contributed by atoms with Gasteiger partial charge in [0, 0.05) is 0 Å². The zero-order valence-corrected chi connectivity index (χ0v) is 12.8. The molecule has 0 aliphatic carbocycles. The van der Waals surface area contributed by atoms with Crippen molar-refractivity contribution in [2.45, 2.75) is 12.6 Å². The Labute approximate surface area is 136 Å². The van der Waals surface area contributed by atoms with Crippen molar-refractivity contribution in [3.05, 3.63) is 56.4 Å². The van der Waals surface area contributed by atoms with Crippen LogP contribution >= 0.6 is 23.2 Å². The molecule has 2 aromatic rings. The lowest BCUT2D eigenvalue weighted by molar-refractivity contribution is 0.0879. The van der Waals surface area contributed by atoms with E-state index in [2.05, 4.69) is 5.10 Å². The van der Waals surface area contributed by atoms with Gasteiger partial charge < -0.3 is 9.84 Å². The predicted octanol–water partition coefficient (Wildman–Crippen LogP) is 1.86. The molecule has 0 aliphatic heterocycles. The highest BCUT2D eigenvalue weighted by Crippen LogP contribution is 2.15. The van der Waals surface area contributed by atoms with Crippen LogP contribution < -0.4 is 10.3 Å². The number of halogens is 2. The Morgan fingerprint density at radius 3 is 2.68 bits per heavy atom. The largest absolute Gasteiger partial charge is 0.491 e. The maximum absolute atomic E-state index is 11.8. The van der Waals surface area contributed by atoms with Crippen LogP contribution in [0.15, 0.2) is 35.3 Å². The molecule has 22 heavy (non-hydrogen) atoms. The van der Waals surface area contributed by atoms with Crippen molar-refractivity contribution in [3.63, 3.8) is 0 Å². The van der Waals surface area contributed by atoms with Gasteiger partial charge in [-0.2, -0.15) is 10.4 Å². The van der Waals surface area contributed by atoms with Gasteiger partial charge in [0.1, 0.15) is 23.5 Å². The van der Waals surface area contributed by atoms with E-state index in [1.807, 2.05) is 6.07 Å². The highest BCUT2D eigenvalue weighted by molar-refractivity contribution is 6.41. The third-order valence-electron chi connectivity index (χ3n) is 2.75. The number of aromatic nitrogens is 2. The second-order valence-corrected chi connectivity index (χ2v) is 5.18. The summed E-state index contributed by atoms with van der Waals surface area (Å²) < 4.78 is 6.39. The lowest BCUT2D eigenvalue weighted by Gasteiger charge is -2.13. The summed E-state index contributed by atoms with van der Waals surface area (Å²) >= 11 is 11.4. The fourth-order valence-electron chi connectivity index (χ4n) is 1.65. The molecule has 1 unspecified atom stereocenters. The average Bonchev–Trinajstić information content (AvgIpc) is 2.54. The molecule has 0 bridgehead atoms. The Morgan fingerprint density at radius 1 is 1.36 bits per heavy atom. The van der Waals surface area contributed by atoms with Crippen LogP contribution in [0.25, 0.3) is 0 Å². The van der Waals surface area contributed by atoms with Crippen molar-refractivity contribution in [1.82, 2.24) is 9.78 Å². The molecule has 0 radical (unpaired) electrons. The van der Waals surface area contributed by atoms with E-state index >= 15 is 0 Å². The molecule has 1 atom stereocenters. The highest BCUT2D eigenvalue weighted by Gasteiger charge is 2.12. The minimum atomic E-state index is -0.960. The van der Waals surface area contributed by atoms with E-state index in [1.54, 1.807) is 24.3 Å². The SMILES string of the molecule is N#Cc1ccc(OCC(O)Cn2ncc(Cl)c(Cl)c2=O)cc1. The van der Waals surface area contributed by atoms with E-state index in [0.29, 0.717) is 11.3 Å². The van der Waals surface area contributed by atoms with Crippen molar-refractivity contribution in [2.75, 3.05) is 6.61 Å². The molecule has 0 saturated heterocycles. The van der Waals surface area contributed by atoms with Crippen LogP contribution in [0.3, 0.4) is 0 Å². The lowest BCUT2D eigenvalue weighted by Crippen LogP contribution is -2.32. The second kappa shape index (κ2) is 7.27. The van der Waals surface area contributed by atoms with Crippen LogP contribution in [0.5, 0.6) is 5.75 Å². The first-order valence-corrected chi connectivity index (χ1v) is 6.99. The molecule has 0 saturated carbocycles. The van der Waals surface area contributed by atoms with Gasteiger partial charge in [-0.05, 0) is 24.3 Å². The smallest absolute Gasteiger partial charge is 0.287 e. The van der Waals surface area contributed by atoms with Crippen LogP contribution in [-0.4, -0.2) is 27.6 Å². The van der Waals surface area contributed by atoms with Crippen LogP contribution in [0, 0.1) is 11.3 Å². The summed E-state index contributed by atoms with van der Waals surface area (Å²) in [6.07, 6.45) is 0.275. The van der Waals surface area contributed by atoms with E-state index in [0.717, 1.165) is 4.68 Å². The van der Waals surface area contributed by atoms with E-state index in [1.165, 1.54) is 6.20 Å². The van der Waals surface area contributed by atoms with Crippen LogP contribution in [0.4, 0.5) is 0 Å². The van der Waals surface area contributed by atoms with Gasteiger partial charge >= 0.3 is 0 Å². The van der Waals surface area contributed by atoms with E-state index in [-0.39, 0.29) is 23.2 Å². The van der Waals surface area contributed by atoms with Crippen molar-refractivity contribution in [2.24, 2.45) is 0 Å². The van der Waals surface area contributed by atoms with Gasteiger partial charge in [0.2, 0.25) is 0 Å². The molecule has 0 amide bonds. The second-order valence-electron chi connectivity index (χ2n) is 4.39. The number of hydrogen-bond acceptors (Lipinski definition) is 5. The number of aliphatic hydroxyl groups is 1. The maximum atomic E-state index is 11.8. The number of nitriles is 1. The fourth-order valence-corrected chi connectivity index (χ4v) is 1.92. The Kier molecular flexibility index (Phi) is 5.39. The van der Waals surface area contributed by atoms with Gasteiger partial charge in [0.25, 0.3) is 5.56 Å². The Balaban J connectivity index is 1.96. The third-order valence-corrected chi connectivity index (χ3v) is 3.50. The van der Waals surface area contributed by atoms with Gasteiger partial charge in [-0.25, -0.2) is 4.68 Å². The van der Waals surface area contributed by atoms with Gasteiger partial charge in [0.15, 0.2) is 0 Å². The summed E-state index contributed by atoms with van der Waals surface area (Å²) in [5.74, 6) is 0.507. The zero-order chi connectivity index (χ0) is 16.1. The predicted molar refractivity (Wildman–Crippen MR) is 81.2 cm³/mol. The quantitative estimate of drug-likeness (QED) is 0.898. The number of aliphatic hydroxyl groups excluding tert-OH is 1. The topological polar surface area (TPSA) is 88.1 Å². The van der Waals surface area contributed by atoms with Crippen molar-refractivity contribution >= 4 is 23.2 Å². The van der Waals surface area contributed by atoms with E-state index in [9.17, 15) is 9.90 Å². The Bertz CT molecular complexity index is 753. The standard InChI is InChI=1S/C14H11Cl2N3O3/c15-12-6-18-19(14(21)13(12)16)7-10(20)8-22-11-3-1-9(5-17)2-4-11/h1-4,6,10,20H,7-8H2. The Hall–Kier alpha value is -2.07. The average molecular weight is 340 g/mol. The molecule has 1 aromatic carbocycles. The molecule has 114 valence electrons. The molecule has 1 heterocycles. The molecule has 0 aliphatic rings. The van der Waals surface area contributed by atoms with Gasteiger partial charge in [0.05, 0.1) is 29.4 Å². The molecule has 1 aromatic heterocycles. The summed E-state index contributed by atoms with van der Waals surface area (Å²) in [6, 6.07) is 8.44. The van der Waals surface area contributed by atoms with Crippen LogP contribution in [-0.2, 0) is 6.54 Å². The molecule has 0 fully saturated rings. The highest BCUT2D eigenvalue weighted by atomic mass is 35.5. The molecule has 0 spiro atoms. The van der Waals surface area contributed by atoms with E-state index in [4.69, 9.17) is 33.2 Å². The first-order chi connectivity index (χ1) is 10.5. The van der Waals surface area contributed by atoms with Crippen molar-refractivity contribution in [3.8, 4) is 11.8 Å². The number of ether oxygens (including phenoxy) is 1. The zero-order valence-electron chi connectivity index (χ0n) is 11.2. The van der Waals surface area contributed by atoms with Crippen LogP contribution in [0.1, 0.15) is 5.56 Å². The number of rotatable bonds is 5. The molecule has 2 rings (SSSR count). The summed E-state index contributed by atoms with van der Waals surface area (Å²) in [7, 11) is 0. The van der Waals surface area contributed by atoms with Crippen LogP contribution in [0.2, 0.25) is 10.0 Å². The summed E-state index contributed by atoms with van der Waals surface area (Å²) in [5, 5.41) is 22.3. The van der Waals surface area contributed by atoms with Crippen molar-refractivity contribution in [1.29, 1.82) is 5.26 Å². The summed E-state index contributed by atoms with van der Waals surface area (Å²) in [5.41, 5.74) is -0.0638. The molecular formula is C14H11Cl2N3O3. The van der Waals surface area contributed by atoms with Gasteiger partial charge in [-0.1, -0.05) is 23.2 Å². The number of nitrogens with zero attached hydrogens (tertiary/aromatic N) is 3. The molecular weight excluding hydrogens is 329 g/mol. The molecule has 1 N–H and O–H groups in total. The third kappa shape index (κ3) is 3.98. The van der Waals surface area contributed by atoms with Gasteiger partial charge in [-0.3, -0.25) is 4.79 Å². The monoisotopic (exact) mass is 339 g/mol. The van der Waals surface area contributed by atoms with Crippen molar-refractivity contribution < 1.29 is 9.84 Å². The normalized spacial score (nSPS) is 11.7. The summed E-state index contributed by atoms with van der Waals surface area (Å²) in [6.45, 7) is -0.119. The summed E-state index contributed by atoms with van der Waals surface area (Å²) in [4.78, 5) is 11.8. The molecule has 6 nitrogen and oxygen atoms in total. The fraction of sp³-hybridized carbons (Fsp3) is 0.214. The lowest BCUT2D eigenvalue weighted by atomic mass is 10.2. The number of hydrogen-bond donors (Lipinski definition) is 1.